The van der Waals surface area contributed by atoms with Gasteiger partial charge in [0.1, 0.15) is 0 Å². The maximum atomic E-state index is 9.60. The van der Waals surface area contributed by atoms with Crippen LogP contribution in [0.1, 0.15) is 0 Å². The number of nitrogens with one attached hydrogen (secondary N) is 1. The number of nitrogen functional groups attached to an aromatic ring is 1. The van der Waals surface area contributed by atoms with Gasteiger partial charge in [-0.15, -0.1) is 10.0 Å². The molecule has 0 aromatic carbocycles. The van der Waals surface area contributed by atoms with E-state index in [4.69, 9.17) is 5.73 Å². The van der Waals surface area contributed by atoms with Crippen molar-refractivity contribution in [1.29, 1.82) is 0 Å². The van der Waals surface area contributed by atoms with Crippen molar-refractivity contribution in [1.82, 2.24) is 14.8 Å². The molecule has 0 atom stereocenters. The van der Waals surface area contributed by atoms with Gasteiger partial charge in [-0.05, 0) is 0 Å². The van der Waals surface area contributed by atoms with Gasteiger partial charge in [0.05, 0.1) is 5.29 Å². The van der Waals surface area contributed by atoms with Crippen LogP contribution >= 0.6 is 0 Å². The number of nitrogens with two attached hydrogens (primary N) is 1. The fraction of sp³-hybridized carbons (Fsp3) is 0.333. The van der Waals surface area contributed by atoms with Crippen LogP contribution in [0.3, 0.4) is 0 Å². The molecule has 0 aliphatic heterocycles. The van der Waals surface area contributed by atoms with E-state index in [0.29, 0.717) is 0 Å². The highest BCUT2D eigenvalue weighted by Gasteiger charge is 2.00. The van der Waals surface area contributed by atoms with Crippen LogP contribution in [0.25, 0.3) is 0 Å². The van der Waals surface area contributed by atoms with Gasteiger partial charge in [-0.2, -0.15) is 4.98 Å². The average Bonchev–Trinajstić information content (AvgIpc) is 2.14. The van der Waals surface area contributed by atoms with Gasteiger partial charge in [0, 0.05) is 7.05 Å². The zero-order valence-corrected chi connectivity index (χ0v) is 5.27. The molecule has 7 heteroatoms. The molecule has 1 heterocycles. The number of nitrogens with zero attached hydrogens (tertiary/aromatic N) is 4. The van der Waals surface area contributed by atoms with Crippen LogP contribution in [0.15, 0.2) is 5.29 Å². The number of nitroso groups, excluding NO2 is 1. The standard InChI is InChI=1S/C3H6N6O/c1-9-2(4)5-3(7-9)6-8-10/h1H3,(H3,4,5,6,7,10). The SMILES string of the molecule is Cn1nc(NN=O)nc1N. The Morgan fingerprint density at radius 3 is 2.90 bits per heavy atom. The molecule has 0 bridgehead atoms. The summed E-state index contributed by atoms with van der Waals surface area (Å²) in [7, 11) is 1.61. The van der Waals surface area contributed by atoms with Crippen LogP contribution in [-0.4, -0.2) is 14.8 Å². The third-order valence-electron chi connectivity index (χ3n) is 0.942. The zero-order chi connectivity index (χ0) is 7.56. The Kier molecular flexibility index (Phi) is 1.48. The molecule has 10 heavy (non-hydrogen) atoms. The van der Waals surface area contributed by atoms with Gasteiger partial charge in [-0.25, -0.2) is 10.1 Å². The summed E-state index contributed by atoms with van der Waals surface area (Å²) in [4.78, 5) is 13.2. The summed E-state index contributed by atoms with van der Waals surface area (Å²) < 4.78 is 1.33. The Bertz CT molecular complexity index is 222. The first kappa shape index (κ1) is 6.46. The minimum absolute atomic E-state index is 0.106. The van der Waals surface area contributed by atoms with Crippen molar-refractivity contribution < 1.29 is 0 Å². The predicted octanol–water partition coefficient (Wildman–Crippen LogP) is -0.509. The lowest BCUT2D eigenvalue weighted by Crippen LogP contribution is -1.97. The highest BCUT2D eigenvalue weighted by atomic mass is 16.3. The lowest BCUT2D eigenvalue weighted by Gasteiger charge is -1.85. The molecule has 0 fully saturated rings. The summed E-state index contributed by atoms with van der Waals surface area (Å²) in [6.07, 6.45) is 0. The molecule has 1 rings (SSSR count). The second kappa shape index (κ2) is 2.29. The van der Waals surface area contributed by atoms with E-state index in [1.807, 2.05) is 5.43 Å². The van der Waals surface area contributed by atoms with Crippen LogP contribution in [-0.2, 0) is 7.05 Å². The summed E-state index contributed by atoms with van der Waals surface area (Å²) in [6, 6.07) is 0. The second-order valence-corrected chi connectivity index (χ2v) is 1.62. The molecule has 0 radical (unpaired) electrons. The lowest BCUT2D eigenvalue weighted by atomic mass is 11.0. The van der Waals surface area contributed by atoms with Gasteiger partial charge in [0.25, 0.3) is 5.95 Å². The van der Waals surface area contributed by atoms with Crippen LogP contribution in [0.4, 0.5) is 11.9 Å². The summed E-state index contributed by atoms with van der Waals surface area (Å²) in [5.74, 6) is 0.334. The van der Waals surface area contributed by atoms with Gasteiger partial charge in [-0.1, -0.05) is 0 Å². The Balaban J connectivity index is 2.86. The summed E-state index contributed by atoms with van der Waals surface area (Å²) in [5.41, 5.74) is 7.29. The molecule has 54 valence electrons. The fourth-order valence-corrected chi connectivity index (χ4v) is 0.485. The first-order valence-electron chi connectivity index (χ1n) is 2.49. The van der Waals surface area contributed by atoms with Crippen molar-refractivity contribution in [3.63, 3.8) is 0 Å². The average molecular weight is 142 g/mol. The Morgan fingerprint density at radius 2 is 2.50 bits per heavy atom. The molecule has 3 N–H and O–H groups in total. The van der Waals surface area contributed by atoms with Crippen molar-refractivity contribution in [2.24, 2.45) is 12.3 Å². The largest absolute Gasteiger partial charge is 0.368 e. The Hall–Kier alpha value is -1.66. The fourth-order valence-electron chi connectivity index (χ4n) is 0.485. The van der Waals surface area contributed by atoms with E-state index in [1.54, 1.807) is 7.05 Å². The van der Waals surface area contributed by atoms with Gasteiger partial charge in [0.2, 0.25) is 5.95 Å². The highest BCUT2D eigenvalue weighted by molar-refractivity contribution is 5.29. The van der Waals surface area contributed by atoms with E-state index in [2.05, 4.69) is 15.4 Å². The monoisotopic (exact) mass is 142 g/mol. The van der Waals surface area contributed by atoms with Gasteiger partial charge in [-0.3, -0.25) is 0 Å². The third kappa shape index (κ3) is 1.02. The molecule has 0 saturated heterocycles. The van der Waals surface area contributed by atoms with Crippen molar-refractivity contribution in [3.8, 4) is 0 Å². The topological polar surface area (TPSA) is 98.2 Å². The number of hydrogen-bond acceptors (Lipinski definition) is 5. The number of anilines is 2. The predicted molar refractivity (Wildman–Crippen MR) is 34.8 cm³/mol. The molecule has 0 amide bonds. The Morgan fingerprint density at radius 1 is 1.80 bits per heavy atom. The number of rotatable bonds is 2. The summed E-state index contributed by atoms with van der Waals surface area (Å²) in [6.45, 7) is 0. The maximum absolute atomic E-state index is 9.60. The number of aryl methyl sites for hydroxylation is 1. The van der Waals surface area contributed by atoms with Crippen molar-refractivity contribution in [2.75, 3.05) is 11.2 Å². The van der Waals surface area contributed by atoms with E-state index in [0.717, 1.165) is 0 Å². The molecule has 0 saturated carbocycles. The van der Waals surface area contributed by atoms with Gasteiger partial charge in [0.15, 0.2) is 0 Å². The third-order valence-corrected chi connectivity index (χ3v) is 0.942. The zero-order valence-electron chi connectivity index (χ0n) is 5.27. The van der Waals surface area contributed by atoms with Crippen LogP contribution in [0.2, 0.25) is 0 Å². The molecular formula is C3H6N6O. The highest BCUT2D eigenvalue weighted by Crippen LogP contribution is 2.01. The quantitative estimate of drug-likeness (QED) is 0.428. The van der Waals surface area contributed by atoms with E-state index in [1.165, 1.54) is 4.68 Å². The maximum Gasteiger partial charge on any atom is 0.266 e. The van der Waals surface area contributed by atoms with Crippen LogP contribution in [0.5, 0.6) is 0 Å². The molecule has 7 nitrogen and oxygen atoms in total. The number of aromatic nitrogens is 3. The molecular weight excluding hydrogens is 136 g/mol. The molecule has 0 aliphatic rings. The minimum Gasteiger partial charge on any atom is -0.368 e. The lowest BCUT2D eigenvalue weighted by molar-refractivity contribution is 0.779. The molecule has 1 aromatic heterocycles. The molecule has 0 spiro atoms. The minimum atomic E-state index is 0.106. The Labute approximate surface area is 56.2 Å². The molecule has 0 unspecified atom stereocenters. The summed E-state index contributed by atoms with van der Waals surface area (Å²) in [5, 5.41) is 6.04. The second-order valence-electron chi connectivity index (χ2n) is 1.62. The van der Waals surface area contributed by atoms with Gasteiger partial charge >= 0.3 is 0 Å². The van der Waals surface area contributed by atoms with Crippen molar-refractivity contribution in [3.05, 3.63) is 4.91 Å². The van der Waals surface area contributed by atoms with Gasteiger partial charge < -0.3 is 5.73 Å². The van der Waals surface area contributed by atoms with Crippen LogP contribution in [0, 0.1) is 4.91 Å². The van der Waals surface area contributed by atoms with Crippen molar-refractivity contribution >= 4 is 11.9 Å². The molecule has 1 aromatic rings. The van der Waals surface area contributed by atoms with E-state index in [-0.39, 0.29) is 11.9 Å². The smallest absolute Gasteiger partial charge is 0.266 e. The number of hydrogen-bond donors (Lipinski definition) is 2. The first-order valence-corrected chi connectivity index (χ1v) is 2.49. The van der Waals surface area contributed by atoms with E-state index < -0.39 is 0 Å². The molecule has 0 aliphatic carbocycles. The van der Waals surface area contributed by atoms with Crippen molar-refractivity contribution in [2.45, 2.75) is 0 Å². The normalized spacial score (nSPS) is 9.30. The van der Waals surface area contributed by atoms with E-state index >= 15 is 0 Å². The van der Waals surface area contributed by atoms with E-state index in [9.17, 15) is 4.91 Å². The van der Waals surface area contributed by atoms with Crippen LogP contribution < -0.4 is 11.2 Å². The first-order chi connectivity index (χ1) is 4.74. The summed E-state index contributed by atoms with van der Waals surface area (Å²) >= 11 is 0.